The van der Waals surface area contributed by atoms with E-state index in [2.05, 4.69) is 10.7 Å². The highest BCUT2D eigenvalue weighted by Gasteiger charge is 2.32. The normalized spacial score (nSPS) is 28.6. The summed E-state index contributed by atoms with van der Waals surface area (Å²) in [7, 11) is 0. The Labute approximate surface area is 112 Å². The minimum absolute atomic E-state index is 0.271. The summed E-state index contributed by atoms with van der Waals surface area (Å²) in [5.74, 6) is -1.29. The van der Waals surface area contributed by atoms with Gasteiger partial charge in [-0.1, -0.05) is 12.8 Å². The molecular formula is C12H21N3O4. The lowest BCUT2D eigenvalue weighted by molar-refractivity contribution is -0.143. The van der Waals surface area contributed by atoms with Gasteiger partial charge in [0.1, 0.15) is 0 Å². The molecule has 1 aliphatic carbocycles. The highest BCUT2D eigenvalue weighted by molar-refractivity contribution is 5.76. The van der Waals surface area contributed by atoms with E-state index in [1.54, 1.807) is 5.01 Å². The summed E-state index contributed by atoms with van der Waals surface area (Å²) in [5.41, 5.74) is 2.74. The Bertz CT molecular complexity index is 331. The first-order valence-electron chi connectivity index (χ1n) is 6.79. The Morgan fingerprint density at radius 1 is 1.16 bits per heavy atom. The summed E-state index contributed by atoms with van der Waals surface area (Å²) in [6, 6.07) is -0.590. The van der Waals surface area contributed by atoms with Crippen LogP contribution in [0.2, 0.25) is 0 Å². The van der Waals surface area contributed by atoms with Crippen LogP contribution in [0.3, 0.4) is 0 Å². The number of hydrogen-bond acceptors (Lipinski definition) is 4. The second-order valence-electron chi connectivity index (χ2n) is 5.02. The average Bonchev–Trinajstić information content (AvgIpc) is 2.40. The van der Waals surface area contributed by atoms with Gasteiger partial charge in [0.25, 0.3) is 0 Å². The number of hydrazine groups is 1. The van der Waals surface area contributed by atoms with Crippen LogP contribution in [0.25, 0.3) is 0 Å². The Balaban J connectivity index is 1.80. The molecule has 0 aromatic rings. The maximum Gasteiger partial charge on any atom is 0.329 e. The van der Waals surface area contributed by atoms with Crippen molar-refractivity contribution in [3.63, 3.8) is 0 Å². The van der Waals surface area contributed by atoms with E-state index in [1.165, 1.54) is 0 Å². The van der Waals surface area contributed by atoms with Crippen molar-refractivity contribution >= 4 is 12.0 Å². The fraction of sp³-hybridized carbons (Fsp3) is 0.833. The predicted molar refractivity (Wildman–Crippen MR) is 67.4 cm³/mol. The monoisotopic (exact) mass is 271 g/mol. The van der Waals surface area contributed by atoms with Crippen molar-refractivity contribution in [2.45, 2.75) is 31.7 Å². The fourth-order valence-corrected chi connectivity index (χ4v) is 2.62. The number of ether oxygens (including phenoxy) is 1. The third-order valence-electron chi connectivity index (χ3n) is 3.67. The summed E-state index contributed by atoms with van der Waals surface area (Å²) < 4.78 is 5.19. The molecule has 7 nitrogen and oxygen atoms in total. The molecule has 19 heavy (non-hydrogen) atoms. The number of aliphatic carboxylic acids is 1. The van der Waals surface area contributed by atoms with Crippen LogP contribution >= 0.6 is 0 Å². The molecule has 0 aromatic heterocycles. The van der Waals surface area contributed by atoms with Gasteiger partial charge in [-0.15, -0.1) is 0 Å². The van der Waals surface area contributed by atoms with E-state index >= 15 is 0 Å². The molecule has 2 fully saturated rings. The van der Waals surface area contributed by atoms with Gasteiger partial charge in [0.2, 0.25) is 0 Å². The van der Waals surface area contributed by atoms with E-state index in [0.29, 0.717) is 32.7 Å². The van der Waals surface area contributed by atoms with Gasteiger partial charge in [-0.05, 0) is 12.8 Å². The second kappa shape index (κ2) is 6.72. The van der Waals surface area contributed by atoms with Crippen molar-refractivity contribution in [3.05, 3.63) is 0 Å². The molecule has 1 aliphatic heterocycles. The maximum absolute atomic E-state index is 11.9. The molecular weight excluding hydrogens is 250 g/mol. The number of carbonyl (C=O) groups is 2. The highest BCUT2D eigenvalue weighted by atomic mass is 16.5. The van der Waals surface area contributed by atoms with Crippen LogP contribution in [-0.4, -0.2) is 54.5 Å². The largest absolute Gasteiger partial charge is 0.481 e. The summed E-state index contributed by atoms with van der Waals surface area (Å²) in [5, 5.41) is 13.7. The van der Waals surface area contributed by atoms with Crippen molar-refractivity contribution in [2.75, 3.05) is 26.3 Å². The zero-order chi connectivity index (χ0) is 13.7. The standard InChI is InChI=1S/C12H21N3O4/c16-11(17)9-3-1-2-4-10(9)13-12(18)14-15-5-7-19-8-6-15/h9-10H,1-8H2,(H,16,17)(H2,13,14,18). The van der Waals surface area contributed by atoms with Crippen LogP contribution in [0.5, 0.6) is 0 Å². The van der Waals surface area contributed by atoms with Gasteiger partial charge in [-0.2, -0.15) is 0 Å². The molecule has 2 rings (SSSR count). The van der Waals surface area contributed by atoms with Gasteiger partial charge in [0.15, 0.2) is 0 Å². The van der Waals surface area contributed by atoms with Crippen molar-refractivity contribution in [1.82, 2.24) is 15.8 Å². The minimum atomic E-state index is -0.823. The Kier molecular flexibility index (Phi) is 4.98. The van der Waals surface area contributed by atoms with Crippen LogP contribution < -0.4 is 10.7 Å². The molecule has 2 unspecified atom stereocenters. The molecule has 3 N–H and O–H groups in total. The number of morpholine rings is 1. The number of carboxylic acid groups (broad SMARTS) is 1. The Morgan fingerprint density at radius 3 is 2.53 bits per heavy atom. The molecule has 0 aromatic carbocycles. The second-order valence-corrected chi connectivity index (χ2v) is 5.02. The third kappa shape index (κ3) is 4.07. The van der Waals surface area contributed by atoms with Crippen LogP contribution in [0, 0.1) is 5.92 Å². The Morgan fingerprint density at radius 2 is 1.84 bits per heavy atom. The molecule has 0 bridgehead atoms. The van der Waals surface area contributed by atoms with Crippen molar-refractivity contribution in [1.29, 1.82) is 0 Å². The minimum Gasteiger partial charge on any atom is -0.481 e. The lowest BCUT2D eigenvalue weighted by Crippen LogP contribution is -2.55. The number of rotatable bonds is 3. The number of carboxylic acids is 1. The maximum atomic E-state index is 11.9. The molecule has 0 spiro atoms. The van der Waals surface area contributed by atoms with E-state index in [9.17, 15) is 9.59 Å². The van der Waals surface area contributed by atoms with Crippen LogP contribution in [-0.2, 0) is 9.53 Å². The molecule has 7 heteroatoms. The van der Waals surface area contributed by atoms with Gasteiger partial charge in [0.05, 0.1) is 19.1 Å². The van der Waals surface area contributed by atoms with Gasteiger partial charge >= 0.3 is 12.0 Å². The molecule has 2 atom stereocenters. The molecule has 108 valence electrons. The average molecular weight is 271 g/mol. The topological polar surface area (TPSA) is 90.9 Å². The third-order valence-corrected chi connectivity index (χ3v) is 3.67. The predicted octanol–water partition coefficient (Wildman–Crippen LogP) is 0.176. The number of urea groups is 1. The number of nitrogens with zero attached hydrogens (tertiary/aromatic N) is 1. The molecule has 1 saturated heterocycles. The molecule has 0 radical (unpaired) electrons. The lowest BCUT2D eigenvalue weighted by atomic mass is 9.84. The van der Waals surface area contributed by atoms with Gasteiger partial charge in [0, 0.05) is 19.1 Å². The first-order chi connectivity index (χ1) is 9.16. The summed E-state index contributed by atoms with van der Waals surface area (Å²) in [6.07, 6.45) is 3.25. The first-order valence-corrected chi connectivity index (χ1v) is 6.79. The Hall–Kier alpha value is -1.34. The number of amides is 2. The smallest absolute Gasteiger partial charge is 0.329 e. The van der Waals surface area contributed by atoms with E-state index in [4.69, 9.17) is 9.84 Å². The van der Waals surface area contributed by atoms with Crippen LogP contribution in [0.1, 0.15) is 25.7 Å². The van der Waals surface area contributed by atoms with Crippen LogP contribution in [0.4, 0.5) is 4.79 Å². The first kappa shape index (κ1) is 14.1. The van der Waals surface area contributed by atoms with Gasteiger partial charge < -0.3 is 15.2 Å². The number of hydrogen-bond donors (Lipinski definition) is 3. The zero-order valence-electron chi connectivity index (χ0n) is 10.9. The summed E-state index contributed by atoms with van der Waals surface area (Å²) in [6.45, 7) is 2.50. The van der Waals surface area contributed by atoms with Crippen LogP contribution in [0.15, 0.2) is 0 Å². The lowest BCUT2D eigenvalue weighted by Gasteiger charge is -2.31. The molecule has 1 saturated carbocycles. The SMILES string of the molecule is O=C(NC1CCCCC1C(=O)O)NN1CCOCC1. The van der Waals surface area contributed by atoms with E-state index < -0.39 is 11.9 Å². The summed E-state index contributed by atoms with van der Waals surface area (Å²) >= 11 is 0. The number of nitrogens with one attached hydrogen (secondary N) is 2. The van der Waals surface area contributed by atoms with Crippen molar-refractivity contribution in [2.24, 2.45) is 5.92 Å². The van der Waals surface area contributed by atoms with Crippen molar-refractivity contribution in [3.8, 4) is 0 Å². The fourth-order valence-electron chi connectivity index (χ4n) is 2.62. The summed E-state index contributed by atoms with van der Waals surface area (Å²) in [4.78, 5) is 23.0. The van der Waals surface area contributed by atoms with E-state index in [1.807, 2.05) is 0 Å². The zero-order valence-corrected chi connectivity index (χ0v) is 10.9. The quantitative estimate of drug-likeness (QED) is 0.681. The van der Waals surface area contributed by atoms with E-state index in [0.717, 1.165) is 19.3 Å². The molecule has 1 heterocycles. The van der Waals surface area contributed by atoms with Crippen molar-refractivity contribution < 1.29 is 19.4 Å². The number of carbonyl (C=O) groups excluding carboxylic acids is 1. The molecule has 2 aliphatic rings. The molecule has 2 amide bonds. The van der Waals surface area contributed by atoms with Gasteiger partial charge in [-0.3, -0.25) is 10.2 Å². The van der Waals surface area contributed by atoms with Gasteiger partial charge in [-0.25, -0.2) is 9.80 Å². The van der Waals surface area contributed by atoms with E-state index in [-0.39, 0.29) is 12.1 Å². The highest BCUT2D eigenvalue weighted by Crippen LogP contribution is 2.24.